The summed E-state index contributed by atoms with van der Waals surface area (Å²) in [4.78, 5) is 20.4. The molecule has 0 saturated carbocycles. The summed E-state index contributed by atoms with van der Waals surface area (Å²) >= 11 is 1.55. The molecule has 1 heterocycles. The lowest BCUT2D eigenvalue weighted by Crippen LogP contribution is -2.06. The van der Waals surface area contributed by atoms with Crippen molar-refractivity contribution in [1.29, 1.82) is 0 Å². The number of benzene rings is 1. The zero-order chi connectivity index (χ0) is 15.5. The third-order valence-electron chi connectivity index (χ3n) is 3.54. The minimum Gasteiger partial charge on any atom is -0.340 e. The number of thioether (sulfide) groups is 1. The zero-order valence-corrected chi connectivity index (χ0v) is 13.5. The number of anilines is 3. The van der Waals surface area contributed by atoms with Gasteiger partial charge in [0.2, 0.25) is 5.91 Å². The molecule has 1 aromatic heterocycles. The van der Waals surface area contributed by atoms with Gasteiger partial charge in [0.1, 0.15) is 5.82 Å². The van der Waals surface area contributed by atoms with Crippen LogP contribution in [-0.2, 0) is 17.6 Å². The van der Waals surface area contributed by atoms with Gasteiger partial charge in [0, 0.05) is 23.9 Å². The summed E-state index contributed by atoms with van der Waals surface area (Å²) in [6.45, 7) is 1.50. The van der Waals surface area contributed by atoms with E-state index >= 15 is 0 Å². The fraction of sp³-hybridized carbons (Fsp3) is 0.312. The summed E-state index contributed by atoms with van der Waals surface area (Å²) in [6, 6.07) is 7.64. The second-order valence-electron chi connectivity index (χ2n) is 5.22. The van der Waals surface area contributed by atoms with Crippen LogP contribution < -0.4 is 10.6 Å². The van der Waals surface area contributed by atoms with Gasteiger partial charge in [-0.05, 0) is 43.7 Å². The first-order valence-corrected chi connectivity index (χ1v) is 8.46. The van der Waals surface area contributed by atoms with Crippen LogP contribution in [0.25, 0.3) is 0 Å². The highest BCUT2D eigenvalue weighted by Crippen LogP contribution is 2.30. The van der Waals surface area contributed by atoms with Gasteiger partial charge in [-0.2, -0.15) is 0 Å². The number of aromatic nitrogens is 2. The number of carbonyl (C=O) groups excluding carboxylic acids is 1. The Bertz CT molecular complexity index is 717. The Labute approximate surface area is 133 Å². The van der Waals surface area contributed by atoms with E-state index in [2.05, 4.69) is 20.6 Å². The van der Waals surface area contributed by atoms with Crippen molar-refractivity contribution in [3.63, 3.8) is 0 Å². The first kappa shape index (κ1) is 14.8. The third-order valence-corrected chi connectivity index (χ3v) is 4.09. The number of rotatable bonds is 4. The molecule has 114 valence electrons. The highest BCUT2D eigenvalue weighted by Gasteiger charge is 2.19. The van der Waals surface area contributed by atoms with E-state index in [9.17, 15) is 4.79 Å². The molecule has 0 bridgehead atoms. The van der Waals surface area contributed by atoms with Crippen molar-refractivity contribution in [2.75, 3.05) is 16.9 Å². The molecule has 0 unspecified atom stereocenters. The molecular formula is C16H18N4OS. The second kappa shape index (κ2) is 6.36. The average Bonchev–Trinajstić information content (AvgIpc) is 2.95. The van der Waals surface area contributed by atoms with E-state index in [0.717, 1.165) is 47.3 Å². The maximum atomic E-state index is 11.2. The molecule has 0 radical (unpaired) electrons. The molecule has 3 rings (SSSR count). The standard InChI is InChI=1S/C16H18N4OS/c1-10(21)17-11-5-3-6-12(9-11)18-15-13-7-4-8-14(13)19-16(20-15)22-2/h3,5-6,9H,4,7-8H2,1-2H3,(H,17,21)(H,18,19,20). The maximum Gasteiger partial charge on any atom is 0.221 e. The molecule has 1 amide bonds. The summed E-state index contributed by atoms with van der Waals surface area (Å²) in [5.41, 5.74) is 4.04. The van der Waals surface area contributed by atoms with Crippen LogP contribution in [0.5, 0.6) is 0 Å². The predicted molar refractivity (Wildman–Crippen MR) is 89.9 cm³/mol. The van der Waals surface area contributed by atoms with E-state index in [0.29, 0.717) is 0 Å². The van der Waals surface area contributed by atoms with Crippen molar-refractivity contribution in [2.45, 2.75) is 31.3 Å². The van der Waals surface area contributed by atoms with Crippen LogP contribution in [0, 0.1) is 0 Å². The fourth-order valence-electron chi connectivity index (χ4n) is 2.62. The molecule has 0 atom stereocenters. The number of nitrogens with zero attached hydrogens (tertiary/aromatic N) is 2. The molecule has 1 aliphatic carbocycles. The number of aryl methyl sites for hydroxylation is 1. The van der Waals surface area contributed by atoms with Crippen LogP contribution in [0.2, 0.25) is 0 Å². The van der Waals surface area contributed by atoms with Gasteiger partial charge in [-0.3, -0.25) is 4.79 Å². The highest BCUT2D eigenvalue weighted by molar-refractivity contribution is 7.98. The number of hydrogen-bond donors (Lipinski definition) is 2. The van der Waals surface area contributed by atoms with E-state index in [4.69, 9.17) is 0 Å². The monoisotopic (exact) mass is 314 g/mol. The lowest BCUT2D eigenvalue weighted by molar-refractivity contribution is -0.114. The van der Waals surface area contributed by atoms with Gasteiger partial charge >= 0.3 is 0 Å². The van der Waals surface area contributed by atoms with Gasteiger partial charge in [0.15, 0.2) is 5.16 Å². The topological polar surface area (TPSA) is 66.9 Å². The van der Waals surface area contributed by atoms with Crippen LogP contribution in [0.4, 0.5) is 17.2 Å². The molecule has 0 fully saturated rings. The Morgan fingerprint density at radius 2 is 2.05 bits per heavy atom. The number of amides is 1. The Balaban J connectivity index is 1.90. The Hall–Kier alpha value is -2.08. The Morgan fingerprint density at radius 1 is 1.23 bits per heavy atom. The van der Waals surface area contributed by atoms with Gasteiger partial charge < -0.3 is 10.6 Å². The molecule has 22 heavy (non-hydrogen) atoms. The van der Waals surface area contributed by atoms with Crippen LogP contribution in [0.15, 0.2) is 29.4 Å². The Kier molecular flexibility index (Phi) is 4.29. The Morgan fingerprint density at radius 3 is 2.82 bits per heavy atom. The second-order valence-corrected chi connectivity index (χ2v) is 6.00. The van der Waals surface area contributed by atoms with Gasteiger partial charge in [-0.1, -0.05) is 17.8 Å². The minimum atomic E-state index is -0.0789. The van der Waals surface area contributed by atoms with Crippen LogP contribution >= 0.6 is 11.8 Å². The van der Waals surface area contributed by atoms with E-state index in [1.54, 1.807) is 11.8 Å². The van der Waals surface area contributed by atoms with E-state index in [1.807, 2.05) is 30.5 Å². The molecule has 2 aromatic rings. The number of nitrogens with one attached hydrogen (secondary N) is 2. The normalized spacial score (nSPS) is 12.8. The fourth-order valence-corrected chi connectivity index (χ4v) is 3.00. The largest absolute Gasteiger partial charge is 0.340 e. The van der Waals surface area contributed by atoms with E-state index < -0.39 is 0 Å². The molecule has 1 aromatic carbocycles. The van der Waals surface area contributed by atoms with Gasteiger partial charge in [0.05, 0.1) is 5.69 Å². The summed E-state index contributed by atoms with van der Waals surface area (Å²) < 4.78 is 0. The quantitative estimate of drug-likeness (QED) is 0.669. The van der Waals surface area contributed by atoms with Crippen molar-refractivity contribution in [2.24, 2.45) is 0 Å². The van der Waals surface area contributed by atoms with Crippen LogP contribution in [0.1, 0.15) is 24.6 Å². The number of fused-ring (bicyclic) bond motifs is 1. The summed E-state index contributed by atoms with van der Waals surface area (Å²) in [6.07, 6.45) is 5.14. The first-order chi connectivity index (χ1) is 10.7. The maximum absolute atomic E-state index is 11.2. The molecule has 0 spiro atoms. The third kappa shape index (κ3) is 3.22. The molecule has 5 nitrogen and oxygen atoms in total. The van der Waals surface area contributed by atoms with Crippen molar-refractivity contribution < 1.29 is 4.79 Å². The molecule has 0 aliphatic heterocycles. The number of hydrogen-bond acceptors (Lipinski definition) is 5. The lowest BCUT2D eigenvalue weighted by atomic mass is 10.2. The van der Waals surface area contributed by atoms with Crippen LogP contribution in [-0.4, -0.2) is 22.1 Å². The van der Waals surface area contributed by atoms with E-state index in [-0.39, 0.29) is 5.91 Å². The van der Waals surface area contributed by atoms with Gasteiger partial charge in [-0.15, -0.1) is 0 Å². The summed E-state index contributed by atoms with van der Waals surface area (Å²) in [5.74, 6) is 0.802. The molecule has 6 heteroatoms. The first-order valence-electron chi connectivity index (χ1n) is 7.24. The molecule has 0 saturated heterocycles. The van der Waals surface area contributed by atoms with Crippen molar-refractivity contribution in [1.82, 2.24) is 9.97 Å². The molecule has 2 N–H and O–H groups in total. The van der Waals surface area contributed by atoms with Crippen LogP contribution in [0.3, 0.4) is 0 Å². The highest BCUT2D eigenvalue weighted by atomic mass is 32.2. The van der Waals surface area contributed by atoms with Crippen molar-refractivity contribution >= 4 is 34.9 Å². The van der Waals surface area contributed by atoms with Gasteiger partial charge in [0.25, 0.3) is 0 Å². The lowest BCUT2D eigenvalue weighted by Gasteiger charge is -2.12. The SMILES string of the molecule is CSc1nc2c(c(Nc3cccc(NC(C)=O)c3)n1)CCC2. The van der Waals surface area contributed by atoms with Gasteiger partial charge in [-0.25, -0.2) is 9.97 Å². The zero-order valence-electron chi connectivity index (χ0n) is 12.6. The molecular weight excluding hydrogens is 296 g/mol. The van der Waals surface area contributed by atoms with Crippen molar-refractivity contribution in [3.05, 3.63) is 35.5 Å². The van der Waals surface area contributed by atoms with Crippen molar-refractivity contribution in [3.8, 4) is 0 Å². The smallest absolute Gasteiger partial charge is 0.221 e. The summed E-state index contributed by atoms with van der Waals surface area (Å²) in [5, 5.41) is 6.96. The predicted octanol–water partition coefficient (Wildman–Crippen LogP) is 3.39. The minimum absolute atomic E-state index is 0.0789. The summed E-state index contributed by atoms with van der Waals surface area (Å²) in [7, 11) is 0. The van der Waals surface area contributed by atoms with E-state index in [1.165, 1.54) is 12.5 Å². The average molecular weight is 314 g/mol. The number of carbonyl (C=O) groups is 1. The molecule has 1 aliphatic rings.